The Hall–Kier alpha value is -1.14. The number of pyridine rings is 1. The van der Waals surface area contributed by atoms with Gasteiger partial charge in [0.2, 0.25) is 15.9 Å². The summed E-state index contributed by atoms with van der Waals surface area (Å²) in [6.07, 6.45) is 2.28. The first-order chi connectivity index (χ1) is 8.96. The van der Waals surface area contributed by atoms with Crippen molar-refractivity contribution >= 4 is 10.0 Å². The lowest BCUT2D eigenvalue weighted by Gasteiger charge is -2.22. The van der Waals surface area contributed by atoms with Crippen LogP contribution in [0.5, 0.6) is 5.88 Å². The van der Waals surface area contributed by atoms with Gasteiger partial charge < -0.3 is 4.74 Å². The molecule has 0 aromatic carbocycles. The third kappa shape index (κ3) is 2.74. The van der Waals surface area contributed by atoms with E-state index in [1.165, 1.54) is 6.20 Å². The highest BCUT2D eigenvalue weighted by atomic mass is 32.2. The average molecular weight is 284 g/mol. The molecule has 19 heavy (non-hydrogen) atoms. The van der Waals surface area contributed by atoms with Gasteiger partial charge >= 0.3 is 0 Å². The van der Waals surface area contributed by atoms with E-state index < -0.39 is 10.0 Å². The Labute approximate surface area is 114 Å². The minimum absolute atomic E-state index is 0.0385. The van der Waals surface area contributed by atoms with Gasteiger partial charge in [-0.25, -0.2) is 13.4 Å². The summed E-state index contributed by atoms with van der Waals surface area (Å²) in [5.74, 6) is 0.842. The van der Waals surface area contributed by atoms with Crippen LogP contribution in [0.4, 0.5) is 0 Å². The largest absolute Gasteiger partial charge is 0.478 e. The summed E-state index contributed by atoms with van der Waals surface area (Å²) >= 11 is 0. The summed E-state index contributed by atoms with van der Waals surface area (Å²) in [6, 6.07) is 3.19. The van der Waals surface area contributed by atoms with Crippen LogP contribution in [0.2, 0.25) is 0 Å². The first-order valence-electron chi connectivity index (χ1n) is 6.57. The van der Waals surface area contributed by atoms with Crippen LogP contribution in [0.1, 0.15) is 27.2 Å². The number of hydrogen-bond acceptors (Lipinski definition) is 4. The molecule has 2 heterocycles. The van der Waals surface area contributed by atoms with Crippen LogP contribution in [0.15, 0.2) is 23.2 Å². The molecule has 0 N–H and O–H groups in total. The second-order valence-corrected chi connectivity index (χ2v) is 6.78. The number of aromatic nitrogens is 1. The molecule has 2 rings (SSSR count). The maximum Gasteiger partial charge on any atom is 0.244 e. The molecule has 6 heteroatoms. The molecule has 0 saturated carbocycles. The molecule has 1 aliphatic heterocycles. The number of sulfonamides is 1. The van der Waals surface area contributed by atoms with E-state index in [0.717, 1.165) is 6.42 Å². The van der Waals surface area contributed by atoms with Crippen LogP contribution in [0.25, 0.3) is 0 Å². The van der Waals surface area contributed by atoms with E-state index in [2.05, 4.69) is 11.9 Å². The Balaban J connectivity index is 2.24. The van der Waals surface area contributed by atoms with Gasteiger partial charge in [-0.1, -0.05) is 6.92 Å². The van der Waals surface area contributed by atoms with Gasteiger partial charge in [0.15, 0.2) is 0 Å². The summed E-state index contributed by atoms with van der Waals surface area (Å²) in [5.41, 5.74) is 0. The number of hydrogen-bond donors (Lipinski definition) is 0. The standard InChI is InChI=1S/C13H20N2O3S/c1-4-18-13-6-5-12(9-14-13)19(16,17)15-8-7-10(2)11(15)3/h5-6,9-11H,4,7-8H2,1-3H3/t10-,11-/m0/s1. The average Bonchev–Trinajstić information content (AvgIpc) is 2.72. The predicted molar refractivity (Wildman–Crippen MR) is 72.5 cm³/mol. The van der Waals surface area contributed by atoms with Gasteiger partial charge in [-0.05, 0) is 32.3 Å². The van der Waals surface area contributed by atoms with E-state index in [1.807, 2.05) is 13.8 Å². The smallest absolute Gasteiger partial charge is 0.244 e. The third-order valence-corrected chi connectivity index (χ3v) is 5.66. The molecule has 0 radical (unpaired) electrons. The summed E-state index contributed by atoms with van der Waals surface area (Å²) in [5, 5.41) is 0. The van der Waals surface area contributed by atoms with Crippen LogP contribution in [-0.4, -0.2) is 36.9 Å². The van der Waals surface area contributed by atoms with Crippen molar-refractivity contribution in [1.82, 2.24) is 9.29 Å². The van der Waals surface area contributed by atoms with Crippen LogP contribution < -0.4 is 4.74 Å². The zero-order valence-corrected chi connectivity index (χ0v) is 12.4. The topological polar surface area (TPSA) is 59.5 Å². The van der Waals surface area contributed by atoms with Gasteiger partial charge in [0, 0.05) is 18.7 Å². The molecule has 5 nitrogen and oxygen atoms in total. The Morgan fingerprint density at radius 1 is 1.42 bits per heavy atom. The van der Waals surface area contributed by atoms with Gasteiger partial charge in [0.25, 0.3) is 0 Å². The summed E-state index contributed by atoms with van der Waals surface area (Å²) < 4.78 is 31.8. The van der Waals surface area contributed by atoms with Crippen molar-refractivity contribution in [1.29, 1.82) is 0 Å². The second kappa shape index (κ2) is 5.46. The molecule has 1 aromatic heterocycles. The monoisotopic (exact) mass is 284 g/mol. The Morgan fingerprint density at radius 2 is 2.16 bits per heavy atom. The fourth-order valence-corrected chi connectivity index (χ4v) is 3.97. The van der Waals surface area contributed by atoms with Crippen LogP contribution in [0.3, 0.4) is 0 Å². The van der Waals surface area contributed by atoms with Gasteiger partial charge in [-0.3, -0.25) is 0 Å². The lowest BCUT2D eigenvalue weighted by atomic mass is 10.1. The summed E-state index contributed by atoms with van der Waals surface area (Å²) in [4.78, 5) is 4.26. The molecule has 0 amide bonds. The number of rotatable bonds is 4. The van der Waals surface area contributed by atoms with Crippen molar-refractivity contribution in [3.05, 3.63) is 18.3 Å². The van der Waals surface area contributed by atoms with Crippen molar-refractivity contribution < 1.29 is 13.2 Å². The molecule has 0 unspecified atom stereocenters. The molecule has 106 valence electrons. The van der Waals surface area contributed by atoms with Gasteiger partial charge in [-0.2, -0.15) is 4.31 Å². The van der Waals surface area contributed by atoms with Crippen molar-refractivity contribution in [3.63, 3.8) is 0 Å². The molecule has 1 saturated heterocycles. The molecular formula is C13H20N2O3S. The van der Waals surface area contributed by atoms with Crippen LogP contribution >= 0.6 is 0 Å². The molecule has 0 bridgehead atoms. The second-order valence-electron chi connectivity index (χ2n) is 4.89. The Bertz CT molecular complexity index is 527. The van der Waals surface area contributed by atoms with Gasteiger partial charge in [0.1, 0.15) is 4.90 Å². The van der Waals surface area contributed by atoms with Crippen molar-refractivity contribution in [2.75, 3.05) is 13.2 Å². The van der Waals surface area contributed by atoms with E-state index in [-0.39, 0.29) is 10.9 Å². The molecule has 0 spiro atoms. The van der Waals surface area contributed by atoms with Crippen LogP contribution in [0, 0.1) is 5.92 Å². The first-order valence-corrected chi connectivity index (χ1v) is 8.01. The zero-order chi connectivity index (χ0) is 14.0. The van der Waals surface area contributed by atoms with E-state index in [0.29, 0.717) is 24.9 Å². The first kappa shape index (κ1) is 14.3. The Kier molecular flexibility index (Phi) is 4.10. The third-order valence-electron chi connectivity index (χ3n) is 3.69. The van der Waals surface area contributed by atoms with Gasteiger partial charge in [0.05, 0.1) is 12.8 Å². The van der Waals surface area contributed by atoms with Crippen molar-refractivity contribution in [2.24, 2.45) is 5.92 Å². The molecule has 1 aliphatic rings. The fraction of sp³-hybridized carbons (Fsp3) is 0.615. The normalized spacial score (nSPS) is 24.6. The van der Waals surface area contributed by atoms with Crippen molar-refractivity contribution in [2.45, 2.75) is 38.1 Å². The van der Waals surface area contributed by atoms with Crippen LogP contribution in [-0.2, 0) is 10.0 Å². The lowest BCUT2D eigenvalue weighted by molar-refractivity contribution is 0.326. The lowest BCUT2D eigenvalue weighted by Crippen LogP contribution is -2.35. The molecule has 0 aliphatic carbocycles. The highest BCUT2D eigenvalue weighted by molar-refractivity contribution is 7.89. The number of nitrogens with zero attached hydrogens (tertiary/aromatic N) is 2. The molecule has 1 fully saturated rings. The number of ether oxygens (including phenoxy) is 1. The maximum atomic E-state index is 12.5. The zero-order valence-electron chi connectivity index (χ0n) is 11.5. The maximum absolute atomic E-state index is 12.5. The van der Waals surface area contributed by atoms with E-state index >= 15 is 0 Å². The summed E-state index contributed by atoms with van der Waals surface area (Å²) in [7, 11) is -3.44. The quantitative estimate of drug-likeness (QED) is 0.847. The van der Waals surface area contributed by atoms with E-state index in [1.54, 1.807) is 16.4 Å². The van der Waals surface area contributed by atoms with Crippen molar-refractivity contribution in [3.8, 4) is 5.88 Å². The molecule has 1 aromatic rings. The fourth-order valence-electron chi connectivity index (χ4n) is 2.29. The minimum atomic E-state index is -3.44. The van der Waals surface area contributed by atoms with E-state index in [9.17, 15) is 8.42 Å². The predicted octanol–water partition coefficient (Wildman–Crippen LogP) is 1.90. The SMILES string of the molecule is CCOc1ccc(S(=O)(=O)N2CC[C@H](C)[C@@H]2C)cn1. The molecule has 2 atom stereocenters. The highest BCUT2D eigenvalue weighted by Gasteiger charge is 2.36. The van der Waals surface area contributed by atoms with E-state index in [4.69, 9.17) is 4.74 Å². The highest BCUT2D eigenvalue weighted by Crippen LogP contribution is 2.29. The molecular weight excluding hydrogens is 264 g/mol. The Morgan fingerprint density at radius 3 is 2.63 bits per heavy atom. The summed E-state index contributed by atoms with van der Waals surface area (Å²) in [6.45, 7) is 6.99. The minimum Gasteiger partial charge on any atom is -0.478 e. The van der Waals surface area contributed by atoms with Gasteiger partial charge in [-0.15, -0.1) is 0 Å².